The minimum absolute atomic E-state index is 0.0672. The Balaban J connectivity index is 1.12. The third-order valence-electron chi connectivity index (χ3n) is 8.21. The number of hydrogen-bond donors (Lipinski definition) is 1. The number of aryl methyl sites for hydroxylation is 1. The molecule has 5 aliphatic rings. The predicted octanol–water partition coefficient (Wildman–Crippen LogP) is 5.18. The molecule has 1 unspecified atom stereocenters. The van der Waals surface area contributed by atoms with Gasteiger partial charge in [0.1, 0.15) is 11.9 Å². The van der Waals surface area contributed by atoms with E-state index in [9.17, 15) is 31.1 Å². The van der Waals surface area contributed by atoms with Crippen LogP contribution in [0.4, 0.5) is 26.3 Å². The fourth-order valence-corrected chi connectivity index (χ4v) is 6.45. The number of aromatic nitrogens is 2. The molecule has 1 radical (unpaired) electrons. The molecule has 213 valence electrons. The molecule has 1 aromatic heterocycles. The van der Waals surface area contributed by atoms with Crippen LogP contribution in [0.1, 0.15) is 82.7 Å². The van der Waals surface area contributed by atoms with Crippen molar-refractivity contribution in [2.75, 3.05) is 0 Å². The fourth-order valence-electron chi connectivity index (χ4n) is 6.45. The third kappa shape index (κ3) is 5.70. The molecule has 2 bridgehead atoms. The van der Waals surface area contributed by atoms with Crippen LogP contribution in [-0.2, 0) is 24.5 Å². The summed E-state index contributed by atoms with van der Waals surface area (Å²) in [6.45, 7) is 5.61. The summed E-state index contributed by atoms with van der Waals surface area (Å²) in [4.78, 5) is 17.7. The summed E-state index contributed by atoms with van der Waals surface area (Å²) in [7, 11) is 0. The molecular weight excluding hydrogens is 520 g/mol. The van der Waals surface area contributed by atoms with Crippen molar-refractivity contribution in [2.24, 2.45) is 0 Å². The first-order valence-electron chi connectivity index (χ1n) is 12.9. The van der Waals surface area contributed by atoms with Gasteiger partial charge in [0, 0.05) is 30.5 Å². The molecule has 6 rings (SSSR count). The van der Waals surface area contributed by atoms with Gasteiger partial charge in [0.05, 0.1) is 29.5 Å². The Morgan fingerprint density at radius 2 is 1.58 bits per heavy atom. The molecule has 5 aliphatic carbocycles. The van der Waals surface area contributed by atoms with Gasteiger partial charge in [-0.2, -0.15) is 0 Å². The van der Waals surface area contributed by atoms with Crippen LogP contribution in [0.15, 0.2) is 6.20 Å². The molecular formula is C25H32F6N3O4. The van der Waals surface area contributed by atoms with Gasteiger partial charge in [0.2, 0.25) is 5.91 Å². The predicted molar refractivity (Wildman–Crippen MR) is 121 cm³/mol. The second kappa shape index (κ2) is 9.36. The van der Waals surface area contributed by atoms with Crippen molar-refractivity contribution in [3.05, 3.63) is 23.6 Å². The van der Waals surface area contributed by atoms with Crippen molar-refractivity contribution >= 4 is 5.91 Å². The van der Waals surface area contributed by atoms with Gasteiger partial charge in [-0.25, -0.2) is 4.98 Å². The number of halogens is 6. The zero-order valence-electron chi connectivity index (χ0n) is 21.4. The molecule has 38 heavy (non-hydrogen) atoms. The number of nitrogens with zero attached hydrogens (tertiary/aromatic N) is 2. The molecule has 7 nitrogen and oxygen atoms in total. The third-order valence-corrected chi connectivity index (χ3v) is 8.21. The van der Waals surface area contributed by atoms with E-state index in [0.29, 0.717) is 25.7 Å². The number of hydrogen-bond acceptors (Lipinski definition) is 5. The second-order valence-electron chi connectivity index (χ2n) is 11.8. The Morgan fingerprint density at radius 3 is 2.11 bits per heavy atom. The zero-order valence-corrected chi connectivity index (χ0v) is 21.4. The standard InChI is InChI=1S/C25H32F6N3O4/c1-13(2)4-20(36-16-7-18(8-16)38-25(29,30)31)21(35)33-22-10-23(11-22,12-22)34-9-19(32-14(34)3)15-5-17(6-15)37-24(26,27)28/h9,15-18,20H,4-8,10-12H2,1-3H3,(H,33,35). The summed E-state index contributed by atoms with van der Waals surface area (Å²) >= 11 is 0. The van der Waals surface area contributed by atoms with Crippen molar-refractivity contribution < 1.29 is 45.3 Å². The number of alkyl halides is 6. The summed E-state index contributed by atoms with van der Waals surface area (Å²) in [5, 5.41) is 3.12. The maximum Gasteiger partial charge on any atom is 0.522 e. The van der Waals surface area contributed by atoms with Crippen LogP contribution in [-0.4, -0.2) is 58.1 Å². The van der Waals surface area contributed by atoms with Crippen LogP contribution in [0.5, 0.6) is 0 Å². The molecule has 0 spiro atoms. The molecule has 1 heterocycles. The number of rotatable bonds is 10. The normalized spacial score (nSPS) is 35.1. The molecule has 1 aromatic rings. The Kier molecular flexibility index (Phi) is 6.82. The summed E-state index contributed by atoms with van der Waals surface area (Å²) in [6.07, 6.45) is -7.18. The van der Waals surface area contributed by atoms with Gasteiger partial charge >= 0.3 is 12.7 Å². The van der Waals surface area contributed by atoms with Crippen LogP contribution in [0.25, 0.3) is 0 Å². The van der Waals surface area contributed by atoms with Crippen LogP contribution < -0.4 is 5.32 Å². The lowest BCUT2D eigenvalue weighted by Crippen LogP contribution is -2.79. The first-order valence-corrected chi connectivity index (χ1v) is 12.9. The van der Waals surface area contributed by atoms with Gasteiger partial charge in [0.25, 0.3) is 0 Å². The molecule has 0 saturated heterocycles. The Hall–Kier alpha value is -1.86. The average Bonchev–Trinajstić information content (AvgIpc) is 3.02. The quantitative estimate of drug-likeness (QED) is 0.405. The summed E-state index contributed by atoms with van der Waals surface area (Å²) in [6, 6.07) is 0. The number of carbonyl (C=O) groups is 1. The number of ether oxygens (including phenoxy) is 3. The van der Waals surface area contributed by atoms with Crippen LogP contribution in [0.3, 0.4) is 0 Å². The van der Waals surface area contributed by atoms with E-state index in [0.717, 1.165) is 17.4 Å². The van der Waals surface area contributed by atoms with Crippen LogP contribution >= 0.6 is 0 Å². The van der Waals surface area contributed by atoms with Crippen molar-refractivity contribution in [1.82, 2.24) is 14.9 Å². The maximum absolute atomic E-state index is 13.1. The lowest BCUT2D eigenvalue weighted by atomic mass is 9.44. The van der Waals surface area contributed by atoms with E-state index in [2.05, 4.69) is 24.3 Å². The number of nitrogens with one attached hydrogen (secondary N) is 1. The van der Waals surface area contributed by atoms with Gasteiger partial charge in [0.15, 0.2) is 0 Å². The van der Waals surface area contributed by atoms with E-state index in [4.69, 9.17) is 4.74 Å². The molecule has 5 saturated carbocycles. The van der Waals surface area contributed by atoms with Gasteiger partial charge < -0.3 is 14.6 Å². The molecule has 1 amide bonds. The van der Waals surface area contributed by atoms with E-state index in [1.165, 1.54) is 0 Å². The van der Waals surface area contributed by atoms with Crippen molar-refractivity contribution in [1.29, 1.82) is 0 Å². The second-order valence-corrected chi connectivity index (χ2v) is 11.8. The monoisotopic (exact) mass is 552 g/mol. The van der Waals surface area contributed by atoms with E-state index >= 15 is 0 Å². The first-order chi connectivity index (χ1) is 17.5. The van der Waals surface area contributed by atoms with Gasteiger partial charge in [-0.1, -0.05) is 13.8 Å². The van der Waals surface area contributed by atoms with Crippen LogP contribution in [0, 0.1) is 12.8 Å². The number of amides is 1. The highest BCUT2D eigenvalue weighted by Gasteiger charge is 2.70. The highest BCUT2D eigenvalue weighted by molar-refractivity contribution is 5.82. The van der Waals surface area contributed by atoms with E-state index in [1.54, 1.807) is 0 Å². The highest BCUT2D eigenvalue weighted by Crippen LogP contribution is 2.65. The van der Waals surface area contributed by atoms with E-state index in [1.807, 2.05) is 27.0 Å². The van der Waals surface area contributed by atoms with Gasteiger partial charge in [-0.05, 0) is 51.4 Å². The molecule has 1 atom stereocenters. The van der Waals surface area contributed by atoms with Gasteiger partial charge in [-0.3, -0.25) is 14.3 Å². The molecule has 0 aliphatic heterocycles. The maximum atomic E-state index is 13.1. The number of carbonyl (C=O) groups excluding carboxylic acids is 1. The Bertz CT molecular complexity index is 1020. The fraction of sp³-hybridized carbons (Fsp3) is 0.800. The van der Waals surface area contributed by atoms with Gasteiger partial charge in [-0.15, -0.1) is 26.3 Å². The summed E-state index contributed by atoms with van der Waals surface area (Å²) in [5.41, 5.74) is 0.233. The minimum atomic E-state index is -4.68. The SMILES string of the molecule is C[C](C)CC(OC1CC(OC(F)(F)F)C1)C(=O)NC12CC(n3cc(C4CC(OC(F)(F)F)C4)nc3C)(C1)C2. The Labute approximate surface area is 216 Å². The molecule has 5 fully saturated rings. The van der Waals surface area contributed by atoms with Crippen molar-refractivity contribution in [2.45, 2.75) is 126 Å². The summed E-state index contributed by atoms with van der Waals surface area (Å²) < 4.78 is 90.4. The van der Waals surface area contributed by atoms with Crippen LogP contribution in [0.2, 0.25) is 0 Å². The van der Waals surface area contributed by atoms with E-state index < -0.39 is 37.1 Å². The largest absolute Gasteiger partial charge is 0.522 e. The zero-order chi connectivity index (χ0) is 27.7. The topological polar surface area (TPSA) is 74.6 Å². The first kappa shape index (κ1) is 27.7. The van der Waals surface area contributed by atoms with Crippen molar-refractivity contribution in [3.63, 3.8) is 0 Å². The molecule has 1 N–H and O–H groups in total. The Morgan fingerprint density at radius 1 is 1.03 bits per heavy atom. The molecule has 0 aromatic carbocycles. The minimum Gasteiger partial charge on any atom is -0.365 e. The molecule has 13 heteroatoms. The van der Waals surface area contributed by atoms with Crippen molar-refractivity contribution in [3.8, 4) is 0 Å². The lowest BCUT2D eigenvalue weighted by molar-refractivity contribution is -0.358. The summed E-state index contributed by atoms with van der Waals surface area (Å²) in [5.74, 6) is 1.43. The average molecular weight is 553 g/mol. The van der Waals surface area contributed by atoms with E-state index in [-0.39, 0.29) is 48.6 Å². The lowest BCUT2D eigenvalue weighted by Gasteiger charge is -2.71. The highest BCUT2D eigenvalue weighted by atomic mass is 19.4. The smallest absolute Gasteiger partial charge is 0.365 e. The number of imidazole rings is 1.